The van der Waals surface area contributed by atoms with Crippen molar-refractivity contribution in [2.75, 3.05) is 13.1 Å². The molecule has 0 aliphatic carbocycles. The lowest BCUT2D eigenvalue weighted by molar-refractivity contribution is -0.142. The predicted molar refractivity (Wildman–Crippen MR) is 182 cm³/mol. The molecule has 8 amide bonds. The van der Waals surface area contributed by atoms with Gasteiger partial charge < -0.3 is 58.9 Å². The van der Waals surface area contributed by atoms with Crippen LogP contribution in [0.5, 0.6) is 0 Å². The normalized spacial score (nSPS) is 14.3. The molecule has 21 nitrogen and oxygen atoms in total. The fourth-order valence-corrected chi connectivity index (χ4v) is 4.51. The Morgan fingerprint density at radius 2 is 0.962 bits per heavy atom. The van der Waals surface area contributed by atoms with Crippen LogP contribution < -0.4 is 48.7 Å². The van der Waals surface area contributed by atoms with E-state index in [-0.39, 0.29) is 37.5 Å². The van der Waals surface area contributed by atoms with Crippen LogP contribution in [0, 0.1) is 11.8 Å². The zero-order chi connectivity index (χ0) is 40.3. The molecule has 52 heavy (non-hydrogen) atoms. The number of hydrogen-bond donors (Lipinski definition) is 11. The minimum atomic E-state index is -1.74. The average molecular weight is 744 g/mol. The third kappa shape index (κ3) is 19.2. The van der Waals surface area contributed by atoms with Gasteiger partial charge in [-0.3, -0.25) is 47.9 Å². The van der Waals surface area contributed by atoms with Crippen molar-refractivity contribution in [2.24, 2.45) is 23.3 Å². The Kier molecular flexibility index (Phi) is 20.8. The molecule has 0 rings (SSSR count). The molecular formula is C31H53N9O12. The molecule has 0 spiro atoms. The zero-order valence-corrected chi connectivity index (χ0v) is 30.2. The molecule has 0 aliphatic heterocycles. The van der Waals surface area contributed by atoms with Crippen LogP contribution in [-0.2, 0) is 47.9 Å². The fourth-order valence-electron chi connectivity index (χ4n) is 4.51. The third-order valence-electron chi connectivity index (χ3n) is 7.13. The molecule has 0 aliphatic rings. The molecule has 13 N–H and O–H groups in total. The number of aliphatic carboxylic acids is 2. The minimum absolute atomic E-state index is 0.00449. The fraction of sp³-hybridized carbons (Fsp3) is 0.677. The Hall–Kier alpha value is -5.34. The summed E-state index contributed by atoms with van der Waals surface area (Å²) in [6.45, 7) is 8.33. The second kappa shape index (κ2) is 23.2. The number of amides is 8. The van der Waals surface area contributed by atoms with Crippen molar-refractivity contribution < 1.29 is 58.2 Å². The summed E-state index contributed by atoms with van der Waals surface area (Å²) in [6.07, 6.45) is -1.41. The Labute approximate surface area is 300 Å². The summed E-state index contributed by atoms with van der Waals surface area (Å²) in [7, 11) is 0. The summed E-state index contributed by atoms with van der Waals surface area (Å²) in [6, 6.07) is -8.12. The number of carbonyl (C=O) groups is 10. The largest absolute Gasteiger partial charge is 0.481 e. The summed E-state index contributed by atoms with van der Waals surface area (Å²) in [5, 5.41) is 34.6. The van der Waals surface area contributed by atoms with Gasteiger partial charge in [0.15, 0.2) is 0 Å². The van der Waals surface area contributed by atoms with Crippen molar-refractivity contribution in [1.29, 1.82) is 0 Å². The zero-order valence-electron chi connectivity index (χ0n) is 30.2. The van der Waals surface area contributed by atoms with E-state index in [1.54, 1.807) is 27.7 Å². The summed E-state index contributed by atoms with van der Waals surface area (Å²) in [5.41, 5.74) is 10.5. The molecule has 0 bridgehead atoms. The van der Waals surface area contributed by atoms with Gasteiger partial charge in [0.2, 0.25) is 47.3 Å². The van der Waals surface area contributed by atoms with Gasteiger partial charge in [-0.25, -0.2) is 0 Å². The van der Waals surface area contributed by atoms with E-state index in [2.05, 4.69) is 37.2 Å². The maximum Gasteiger partial charge on any atom is 0.322 e. The summed E-state index contributed by atoms with van der Waals surface area (Å²) >= 11 is 0. The van der Waals surface area contributed by atoms with Crippen LogP contribution in [0.2, 0.25) is 0 Å². The van der Waals surface area contributed by atoms with E-state index in [4.69, 9.17) is 16.6 Å². The average Bonchev–Trinajstić information content (AvgIpc) is 3.03. The van der Waals surface area contributed by atoms with Crippen LogP contribution in [0.15, 0.2) is 0 Å². The molecule has 6 atom stereocenters. The maximum atomic E-state index is 13.4. The molecule has 0 saturated heterocycles. The number of hydrogen-bond acceptors (Lipinski definition) is 11. The van der Waals surface area contributed by atoms with Crippen molar-refractivity contribution in [3.05, 3.63) is 0 Å². The first-order valence-electron chi connectivity index (χ1n) is 16.6. The van der Waals surface area contributed by atoms with Crippen LogP contribution in [0.4, 0.5) is 0 Å². The Morgan fingerprint density at radius 3 is 1.40 bits per heavy atom. The van der Waals surface area contributed by atoms with E-state index in [0.29, 0.717) is 0 Å². The van der Waals surface area contributed by atoms with Gasteiger partial charge in [-0.15, -0.1) is 0 Å². The number of carboxylic acids is 2. The summed E-state index contributed by atoms with van der Waals surface area (Å²) in [4.78, 5) is 123. The van der Waals surface area contributed by atoms with Crippen LogP contribution in [-0.4, -0.2) is 119 Å². The topological polar surface area (TPSA) is 347 Å². The molecule has 294 valence electrons. The first-order valence-corrected chi connectivity index (χ1v) is 16.6. The predicted octanol–water partition coefficient (Wildman–Crippen LogP) is -4.07. The SMILES string of the molecule is CC(C)C[C@H](NC(=O)[C@H](CC(=O)O)NC(=O)[C@H](CC(C)C)NC(=O)[C@H](CCC(N)=O)NC(=O)CN)C(=O)N[C@@H](C)C(=O)N[C@@H](C)C(=O)NCC(=O)O. The van der Waals surface area contributed by atoms with Crippen molar-refractivity contribution in [1.82, 2.24) is 37.2 Å². The maximum absolute atomic E-state index is 13.4. The lowest BCUT2D eigenvalue weighted by Gasteiger charge is -2.27. The monoisotopic (exact) mass is 743 g/mol. The highest BCUT2D eigenvalue weighted by atomic mass is 16.4. The van der Waals surface area contributed by atoms with Gasteiger partial charge in [0.1, 0.15) is 42.8 Å². The quantitative estimate of drug-likeness (QED) is 0.0449. The summed E-state index contributed by atoms with van der Waals surface area (Å²) in [5.74, 6) is -10.0. The van der Waals surface area contributed by atoms with Crippen LogP contribution in [0.1, 0.15) is 73.6 Å². The van der Waals surface area contributed by atoms with E-state index < -0.39 is 115 Å². The van der Waals surface area contributed by atoms with Crippen LogP contribution in [0.3, 0.4) is 0 Å². The smallest absolute Gasteiger partial charge is 0.322 e. The highest BCUT2D eigenvalue weighted by Gasteiger charge is 2.34. The summed E-state index contributed by atoms with van der Waals surface area (Å²) < 4.78 is 0. The van der Waals surface area contributed by atoms with Crippen molar-refractivity contribution in [3.63, 3.8) is 0 Å². The number of nitrogens with one attached hydrogen (secondary N) is 7. The number of primary amides is 1. The van der Waals surface area contributed by atoms with E-state index in [1.165, 1.54) is 13.8 Å². The van der Waals surface area contributed by atoms with Crippen molar-refractivity contribution >= 4 is 59.2 Å². The molecule has 0 aromatic rings. The van der Waals surface area contributed by atoms with Gasteiger partial charge in [0, 0.05) is 6.42 Å². The Balaban J connectivity index is 5.98. The van der Waals surface area contributed by atoms with Gasteiger partial charge in [-0.05, 0) is 44.9 Å². The van der Waals surface area contributed by atoms with Gasteiger partial charge in [0.25, 0.3) is 0 Å². The molecule has 21 heteroatoms. The second-order valence-electron chi connectivity index (χ2n) is 12.9. The Bertz CT molecular complexity index is 1320. The van der Waals surface area contributed by atoms with E-state index in [0.717, 1.165) is 0 Å². The van der Waals surface area contributed by atoms with E-state index in [9.17, 15) is 53.1 Å². The highest BCUT2D eigenvalue weighted by molar-refractivity contribution is 5.98. The lowest BCUT2D eigenvalue weighted by atomic mass is 10.0. The molecular weight excluding hydrogens is 690 g/mol. The molecule has 0 radical (unpaired) electrons. The van der Waals surface area contributed by atoms with Gasteiger partial charge in [-0.1, -0.05) is 27.7 Å². The first kappa shape index (κ1) is 46.7. The minimum Gasteiger partial charge on any atom is -0.481 e. The highest BCUT2D eigenvalue weighted by Crippen LogP contribution is 2.10. The van der Waals surface area contributed by atoms with Gasteiger partial charge in [-0.2, -0.15) is 0 Å². The van der Waals surface area contributed by atoms with Crippen molar-refractivity contribution in [2.45, 2.75) is 110 Å². The molecule has 0 saturated carbocycles. The molecule has 0 aromatic carbocycles. The van der Waals surface area contributed by atoms with Gasteiger partial charge >= 0.3 is 11.9 Å². The number of nitrogens with two attached hydrogens (primary N) is 2. The first-order chi connectivity index (χ1) is 24.1. The number of carbonyl (C=O) groups excluding carboxylic acids is 8. The molecule has 0 unspecified atom stereocenters. The van der Waals surface area contributed by atoms with Crippen LogP contribution >= 0.6 is 0 Å². The lowest BCUT2D eigenvalue weighted by Crippen LogP contribution is -2.60. The van der Waals surface area contributed by atoms with E-state index >= 15 is 0 Å². The van der Waals surface area contributed by atoms with Crippen LogP contribution in [0.25, 0.3) is 0 Å². The Morgan fingerprint density at radius 1 is 0.538 bits per heavy atom. The van der Waals surface area contributed by atoms with E-state index in [1.807, 2.05) is 0 Å². The van der Waals surface area contributed by atoms with Crippen molar-refractivity contribution in [3.8, 4) is 0 Å². The number of carboxylic acid groups (broad SMARTS) is 2. The number of rotatable bonds is 24. The van der Waals surface area contributed by atoms with Gasteiger partial charge in [0.05, 0.1) is 13.0 Å². The molecule has 0 aromatic heterocycles. The molecule has 0 fully saturated rings. The molecule has 0 heterocycles. The second-order valence-corrected chi connectivity index (χ2v) is 12.9. The standard InChI is InChI=1S/C31H53N9O12/c1-14(2)9-19(29(50)36-17(6)27(48)35-16(5)26(47)34-13-25(45)46)39-31(52)21(11-24(43)44)40-30(51)20(10-15(3)4)38-28(49)18(7-8-22(33)41)37-23(42)12-32/h14-21H,7-13,32H2,1-6H3,(H2,33,41)(H,34,47)(H,35,48)(H,36,50)(H,37,42)(H,38,49)(H,39,52)(H,40,51)(H,43,44)(H,45,46)/t16-,17-,18-,19-,20-,21-/m0/s1. The third-order valence-corrected chi connectivity index (χ3v) is 7.13.